The minimum absolute atomic E-state index is 0.00268. The van der Waals surface area contributed by atoms with E-state index in [-0.39, 0.29) is 16.5 Å². The van der Waals surface area contributed by atoms with Gasteiger partial charge in [0.1, 0.15) is 5.75 Å². The summed E-state index contributed by atoms with van der Waals surface area (Å²) in [4.78, 5) is 12.5. The average Bonchev–Trinajstić information content (AvgIpc) is 3.19. The molecule has 0 radical (unpaired) electrons. The first-order valence-corrected chi connectivity index (χ1v) is 12.4. The average molecular weight is 559 g/mol. The number of hydrogen-bond donors (Lipinski definition) is 1. The molecule has 3 rings (SSSR count). The first kappa shape index (κ1) is 27.9. The number of nitrogens with one attached hydrogen (secondary N) is 1. The Bertz CT molecular complexity index is 1260. The molecule has 0 saturated heterocycles. The van der Waals surface area contributed by atoms with Crippen LogP contribution in [0.3, 0.4) is 0 Å². The van der Waals surface area contributed by atoms with Crippen LogP contribution in [-0.4, -0.2) is 26.4 Å². The second-order valence-electron chi connectivity index (χ2n) is 7.90. The van der Waals surface area contributed by atoms with Gasteiger partial charge < -0.3 is 10.1 Å². The SMILES string of the molecule is C=CCn1c(SCC(=O)Nc2cc(C(F)(F)F)ccc2Cl)nnc1C(C)Oc1cc(C)c(Cl)c(C)c1. The molecule has 1 aromatic heterocycles. The lowest BCUT2D eigenvalue weighted by atomic mass is 10.1. The van der Waals surface area contributed by atoms with Crippen LogP contribution in [0.1, 0.15) is 35.5 Å². The molecule has 0 fully saturated rings. The Balaban J connectivity index is 1.72. The maximum Gasteiger partial charge on any atom is 0.416 e. The smallest absolute Gasteiger partial charge is 0.416 e. The van der Waals surface area contributed by atoms with Gasteiger partial charge in [0.2, 0.25) is 5.91 Å². The summed E-state index contributed by atoms with van der Waals surface area (Å²) < 4.78 is 46.8. The van der Waals surface area contributed by atoms with Gasteiger partial charge in [0.05, 0.1) is 22.0 Å². The number of anilines is 1. The quantitative estimate of drug-likeness (QED) is 0.221. The number of benzene rings is 2. The predicted octanol–water partition coefficient (Wildman–Crippen LogP) is 7.28. The number of hydrogen-bond acceptors (Lipinski definition) is 5. The van der Waals surface area contributed by atoms with Crippen LogP contribution in [0.25, 0.3) is 0 Å². The van der Waals surface area contributed by atoms with E-state index >= 15 is 0 Å². The molecule has 1 unspecified atom stereocenters. The van der Waals surface area contributed by atoms with Gasteiger partial charge in [0.15, 0.2) is 17.1 Å². The maximum atomic E-state index is 13.0. The van der Waals surface area contributed by atoms with E-state index in [1.54, 1.807) is 10.6 Å². The Morgan fingerprint density at radius 1 is 1.22 bits per heavy atom. The molecule has 0 aliphatic rings. The van der Waals surface area contributed by atoms with Crippen LogP contribution >= 0.6 is 35.0 Å². The van der Waals surface area contributed by atoms with E-state index in [0.29, 0.717) is 28.3 Å². The fourth-order valence-corrected chi connectivity index (χ4v) is 4.38. The summed E-state index contributed by atoms with van der Waals surface area (Å²) in [5.41, 5.74) is 0.732. The van der Waals surface area contributed by atoms with Crippen molar-refractivity contribution in [3.05, 3.63) is 75.5 Å². The number of halogens is 5. The molecule has 0 aliphatic heterocycles. The van der Waals surface area contributed by atoms with Gasteiger partial charge in [0.25, 0.3) is 0 Å². The van der Waals surface area contributed by atoms with Gasteiger partial charge in [-0.05, 0) is 62.2 Å². The van der Waals surface area contributed by atoms with Crippen LogP contribution in [0.4, 0.5) is 18.9 Å². The lowest BCUT2D eigenvalue weighted by Gasteiger charge is -2.17. The highest BCUT2D eigenvalue weighted by Crippen LogP contribution is 2.34. The molecule has 0 bridgehead atoms. The molecule has 192 valence electrons. The zero-order chi connectivity index (χ0) is 26.6. The molecular weight excluding hydrogens is 536 g/mol. The number of aromatic nitrogens is 3. The highest BCUT2D eigenvalue weighted by molar-refractivity contribution is 7.99. The summed E-state index contributed by atoms with van der Waals surface area (Å²) in [7, 11) is 0. The Morgan fingerprint density at radius 3 is 2.50 bits per heavy atom. The first-order chi connectivity index (χ1) is 16.9. The fraction of sp³-hybridized carbons (Fsp3) is 0.292. The van der Waals surface area contributed by atoms with Crippen LogP contribution in [0.2, 0.25) is 10.0 Å². The Kier molecular flexibility index (Phi) is 8.97. The minimum Gasteiger partial charge on any atom is -0.483 e. The number of allylic oxidation sites excluding steroid dienone is 1. The van der Waals surface area contributed by atoms with Gasteiger partial charge in [0, 0.05) is 11.6 Å². The molecule has 12 heteroatoms. The number of nitrogens with zero attached hydrogens (tertiary/aromatic N) is 3. The van der Waals surface area contributed by atoms with Crippen molar-refractivity contribution in [1.82, 2.24) is 14.8 Å². The minimum atomic E-state index is -4.56. The zero-order valence-corrected chi connectivity index (χ0v) is 21.9. The highest BCUT2D eigenvalue weighted by Gasteiger charge is 2.31. The van der Waals surface area contributed by atoms with E-state index in [4.69, 9.17) is 27.9 Å². The van der Waals surface area contributed by atoms with E-state index in [2.05, 4.69) is 22.1 Å². The van der Waals surface area contributed by atoms with Crippen molar-refractivity contribution in [3.63, 3.8) is 0 Å². The van der Waals surface area contributed by atoms with Crippen LogP contribution in [0.15, 0.2) is 48.1 Å². The number of carbonyl (C=O) groups excluding carboxylic acids is 1. The van der Waals surface area contributed by atoms with Crippen molar-refractivity contribution in [1.29, 1.82) is 0 Å². The summed E-state index contributed by atoms with van der Waals surface area (Å²) in [6.07, 6.45) is -3.38. The van der Waals surface area contributed by atoms with E-state index < -0.39 is 23.8 Å². The summed E-state index contributed by atoms with van der Waals surface area (Å²) in [6.45, 7) is 9.71. The fourth-order valence-electron chi connectivity index (χ4n) is 3.35. The predicted molar refractivity (Wildman–Crippen MR) is 136 cm³/mol. The Morgan fingerprint density at radius 2 is 1.89 bits per heavy atom. The molecule has 0 spiro atoms. The largest absolute Gasteiger partial charge is 0.483 e. The number of thioether (sulfide) groups is 1. The molecule has 36 heavy (non-hydrogen) atoms. The molecule has 1 amide bonds. The number of rotatable bonds is 9. The van der Waals surface area contributed by atoms with Gasteiger partial charge >= 0.3 is 6.18 Å². The van der Waals surface area contributed by atoms with Gasteiger partial charge in [-0.1, -0.05) is 41.0 Å². The van der Waals surface area contributed by atoms with Crippen LogP contribution in [-0.2, 0) is 17.5 Å². The summed E-state index contributed by atoms with van der Waals surface area (Å²) in [5, 5.41) is 11.9. The second kappa shape index (κ2) is 11.6. The number of aryl methyl sites for hydroxylation is 2. The molecule has 0 aliphatic carbocycles. The van der Waals surface area contributed by atoms with Crippen molar-refractivity contribution in [2.75, 3.05) is 11.1 Å². The first-order valence-electron chi connectivity index (χ1n) is 10.7. The van der Waals surface area contributed by atoms with Crippen molar-refractivity contribution < 1.29 is 22.7 Å². The Labute approximate surface area is 220 Å². The third kappa shape index (κ3) is 6.74. The van der Waals surface area contributed by atoms with Crippen molar-refractivity contribution >= 4 is 46.6 Å². The van der Waals surface area contributed by atoms with Crippen LogP contribution < -0.4 is 10.1 Å². The van der Waals surface area contributed by atoms with Crippen LogP contribution in [0.5, 0.6) is 5.75 Å². The van der Waals surface area contributed by atoms with Gasteiger partial charge in [-0.3, -0.25) is 9.36 Å². The molecular formula is C24H23Cl2F3N4O2S. The molecule has 1 heterocycles. The third-order valence-corrected chi connectivity index (χ3v) is 6.94. The van der Waals surface area contributed by atoms with Crippen molar-refractivity contribution in [2.24, 2.45) is 0 Å². The lowest BCUT2D eigenvalue weighted by Crippen LogP contribution is -2.16. The van der Waals surface area contributed by atoms with E-state index in [9.17, 15) is 18.0 Å². The third-order valence-electron chi connectivity index (χ3n) is 5.04. The molecule has 2 aromatic carbocycles. The topological polar surface area (TPSA) is 69.0 Å². The highest BCUT2D eigenvalue weighted by atomic mass is 35.5. The summed E-state index contributed by atoms with van der Waals surface area (Å²) in [5.74, 6) is 0.463. The summed E-state index contributed by atoms with van der Waals surface area (Å²) >= 11 is 13.3. The zero-order valence-electron chi connectivity index (χ0n) is 19.6. The number of ether oxygens (including phenoxy) is 1. The standard InChI is InChI=1S/C24H23Cl2F3N4O2S/c1-5-8-33-22(15(4)35-17-9-13(2)21(26)14(3)10-17)31-32-23(33)36-12-20(34)30-19-11-16(24(27,28)29)6-7-18(19)25/h5-7,9-11,15H,1,8,12H2,2-4H3,(H,30,34). The van der Waals surface area contributed by atoms with Crippen LogP contribution in [0, 0.1) is 13.8 Å². The normalized spacial score (nSPS) is 12.3. The van der Waals surface area contributed by atoms with Gasteiger partial charge in [-0.15, -0.1) is 16.8 Å². The monoisotopic (exact) mass is 558 g/mol. The maximum absolute atomic E-state index is 13.0. The van der Waals surface area contributed by atoms with Gasteiger partial charge in [-0.2, -0.15) is 13.2 Å². The molecule has 0 saturated carbocycles. The van der Waals surface area contributed by atoms with Gasteiger partial charge in [-0.25, -0.2) is 0 Å². The second-order valence-corrected chi connectivity index (χ2v) is 9.63. The van der Waals surface area contributed by atoms with Crippen molar-refractivity contribution in [2.45, 2.75) is 44.8 Å². The molecule has 3 aromatic rings. The van der Waals surface area contributed by atoms with E-state index in [1.165, 1.54) is 0 Å². The molecule has 6 nitrogen and oxygen atoms in total. The number of carbonyl (C=O) groups is 1. The van der Waals surface area contributed by atoms with E-state index in [1.807, 2.05) is 32.9 Å². The molecule has 1 atom stereocenters. The number of alkyl halides is 3. The number of amides is 1. The van der Waals surface area contributed by atoms with E-state index in [0.717, 1.165) is 41.1 Å². The summed E-state index contributed by atoms with van der Waals surface area (Å²) in [6, 6.07) is 6.40. The Hall–Kier alpha value is -2.69. The lowest BCUT2D eigenvalue weighted by molar-refractivity contribution is -0.137. The van der Waals surface area contributed by atoms with Crippen molar-refractivity contribution in [3.8, 4) is 5.75 Å². The molecule has 1 N–H and O–H groups in total.